The molecule has 0 bridgehead atoms. The molecule has 24 heavy (non-hydrogen) atoms. The Morgan fingerprint density at radius 3 is 2.17 bits per heavy atom. The molecule has 7 nitrogen and oxygen atoms in total. The number of rotatable bonds is 8. The van der Waals surface area contributed by atoms with Crippen LogP contribution in [0.3, 0.4) is 0 Å². The van der Waals surface area contributed by atoms with Crippen molar-refractivity contribution in [3.63, 3.8) is 0 Å². The molecule has 0 saturated carbocycles. The zero-order valence-electron chi connectivity index (χ0n) is 13.3. The first-order valence-electron chi connectivity index (χ1n) is 7.19. The van der Waals surface area contributed by atoms with E-state index in [1.165, 1.54) is 30.2 Å². The molecule has 1 aromatic carbocycles. The number of nitrogens with zero attached hydrogens (tertiary/aromatic N) is 3. The van der Waals surface area contributed by atoms with Crippen molar-refractivity contribution in [3.8, 4) is 12.1 Å². The number of sulfonamides is 1. The first-order chi connectivity index (χ1) is 11.4. The summed E-state index contributed by atoms with van der Waals surface area (Å²) < 4.78 is 25.5. The molecule has 126 valence electrons. The highest BCUT2D eigenvalue weighted by Crippen LogP contribution is 2.11. The molecule has 0 spiro atoms. The summed E-state index contributed by atoms with van der Waals surface area (Å²) in [5.74, 6) is -0.299. The molecule has 1 rings (SSSR count). The van der Waals surface area contributed by atoms with Crippen LogP contribution in [0.15, 0.2) is 35.2 Å². The van der Waals surface area contributed by atoms with E-state index in [4.69, 9.17) is 10.5 Å². The number of benzene rings is 1. The quantitative estimate of drug-likeness (QED) is 0.712. The van der Waals surface area contributed by atoms with Gasteiger partial charge in [0, 0.05) is 19.2 Å². The smallest absolute Gasteiger partial charge is 0.246 e. The number of amides is 1. The van der Waals surface area contributed by atoms with Gasteiger partial charge in [-0.2, -0.15) is 10.5 Å². The van der Waals surface area contributed by atoms with Gasteiger partial charge in [0.1, 0.15) is 0 Å². The molecule has 0 aliphatic rings. The van der Waals surface area contributed by atoms with Gasteiger partial charge >= 0.3 is 0 Å². The van der Waals surface area contributed by atoms with Crippen LogP contribution in [-0.4, -0.2) is 39.4 Å². The Balaban J connectivity index is 2.81. The molecular weight excluding hydrogens is 328 g/mol. The predicted octanol–water partition coefficient (Wildman–Crippen LogP) is 1.26. The third-order valence-electron chi connectivity index (χ3n) is 3.18. The Bertz CT molecular complexity index is 753. The minimum Gasteiger partial charge on any atom is -0.337 e. The Labute approximate surface area is 141 Å². The molecule has 1 amide bonds. The van der Waals surface area contributed by atoms with Gasteiger partial charge in [0.25, 0.3) is 0 Å². The summed E-state index contributed by atoms with van der Waals surface area (Å²) in [5, 5.41) is 17.2. The van der Waals surface area contributed by atoms with Gasteiger partial charge in [0.2, 0.25) is 15.9 Å². The predicted molar refractivity (Wildman–Crippen MR) is 88.8 cm³/mol. The molecular formula is C16H18N4O3S. The van der Waals surface area contributed by atoms with Crippen LogP contribution in [0.4, 0.5) is 0 Å². The molecule has 0 saturated heterocycles. The molecule has 0 aliphatic heterocycles. The van der Waals surface area contributed by atoms with Gasteiger partial charge in [-0.05, 0) is 30.8 Å². The molecule has 0 unspecified atom stereocenters. The number of hydrogen-bond acceptors (Lipinski definition) is 5. The summed E-state index contributed by atoms with van der Waals surface area (Å²) in [6, 6.07) is 9.99. The number of hydrogen-bond donors (Lipinski definition) is 1. The van der Waals surface area contributed by atoms with Crippen LogP contribution >= 0.6 is 0 Å². The highest BCUT2D eigenvalue weighted by atomic mass is 32.2. The fourth-order valence-corrected chi connectivity index (χ4v) is 2.58. The van der Waals surface area contributed by atoms with Crippen LogP contribution in [0.5, 0.6) is 0 Å². The SMILES string of the molecule is CNS(=O)(=O)c1ccc(/C=C\C(=O)N(CCC#N)CCC#N)cc1. The summed E-state index contributed by atoms with van der Waals surface area (Å²) in [7, 11) is -2.16. The molecule has 0 radical (unpaired) electrons. The van der Waals surface area contributed by atoms with E-state index in [9.17, 15) is 13.2 Å². The van der Waals surface area contributed by atoms with Crippen molar-refractivity contribution in [3.05, 3.63) is 35.9 Å². The van der Waals surface area contributed by atoms with Gasteiger partial charge in [-0.15, -0.1) is 0 Å². The number of carbonyl (C=O) groups excluding carboxylic acids is 1. The zero-order valence-corrected chi connectivity index (χ0v) is 14.1. The van der Waals surface area contributed by atoms with E-state index < -0.39 is 10.0 Å². The fourth-order valence-electron chi connectivity index (χ4n) is 1.85. The van der Waals surface area contributed by atoms with E-state index in [2.05, 4.69) is 4.72 Å². The molecule has 1 N–H and O–H groups in total. The van der Waals surface area contributed by atoms with E-state index in [1.54, 1.807) is 18.2 Å². The maximum absolute atomic E-state index is 12.1. The third-order valence-corrected chi connectivity index (χ3v) is 4.61. The molecule has 0 heterocycles. The van der Waals surface area contributed by atoms with Gasteiger partial charge in [-0.25, -0.2) is 13.1 Å². The van der Waals surface area contributed by atoms with Crippen molar-refractivity contribution >= 4 is 22.0 Å². The van der Waals surface area contributed by atoms with Crippen LogP contribution in [0.1, 0.15) is 18.4 Å². The summed E-state index contributed by atoms with van der Waals surface area (Å²) in [4.78, 5) is 13.7. The summed E-state index contributed by atoms with van der Waals surface area (Å²) in [5.41, 5.74) is 0.666. The lowest BCUT2D eigenvalue weighted by molar-refractivity contribution is -0.125. The van der Waals surface area contributed by atoms with E-state index in [0.29, 0.717) is 5.56 Å². The summed E-state index contributed by atoms with van der Waals surface area (Å²) in [6.45, 7) is 0.529. The monoisotopic (exact) mass is 346 g/mol. The molecule has 0 aromatic heterocycles. The van der Waals surface area contributed by atoms with Crippen molar-refractivity contribution in [2.75, 3.05) is 20.1 Å². The second-order valence-electron chi connectivity index (χ2n) is 4.75. The fraction of sp³-hybridized carbons (Fsp3) is 0.312. The van der Waals surface area contributed by atoms with E-state index >= 15 is 0 Å². The first-order valence-corrected chi connectivity index (χ1v) is 8.67. The zero-order chi connectivity index (χ0) is 18.0. The summed E-state index contributed by atoms with van der Waals surface area (Å²) in [6.07, 6.45) is 3.29. The van der Waals surface area contributed by atoms with Crippen molar-refractivity contribution < 1.29 is 13.2 Å². The van der Waals surface area contributed by atoms with Gasteiger partial charge in [-0.1, -0.05) is 12.1 Å². The average molecular weight is 346 g/mol. The van der Waals surface area contributed by atoms with Crippen LogP contribution in [-0.2, 0) is 14.8 Å². The van der Waals surface area contributed by atoms with Gasteiger partial charge in [0.15, 0.2) is 0 Å². The normalized spacial score (nSPS) is 11.0. The third kappa shape index (κ3) is 5.84. The average Bonchev–Trinajstić information content (AvgIpc) is 2.60. The Morgan fingerprint density at radius 2 is 1.71 bits per heavy atom. The van der Waals surface area contributed by atoms with Crippen LogP contribution in [0.25, 0.3) is 6.08 Å². The lowest BCUT2D eigenvalue weighted by Crippen LogP contribution is -2.31. The minimum atomic E-state index is -3.49. The van der Waals surface area contributed by atoms with Crippen LogP contribution in [0.2, 0.25) is 0 Å². The van der Waals surface area contributed by atoms with Crippen molar-refractivity contribution in [2.45, 2.75) is 17.7 Å². The Kier molecular flexibility index (Phi) is 7.63. The second-order valence-corrected chi connectivity index (χ2v) is 6.64. The molecule has 1 aromatic rings. The molecule has 0 atom stereocenters. The Morgan fingerprint density at radius 1 is 1.17 bits per heavy atom. The van der Waals surface area contributed by atoms with Gasteiger partial charge < -0.3 is 4.90 Å². The van der Waals surface area contributed by atoms with Gasteiger partial charge in [0.05, 0.1) is 29.9 Å². The molecule has 0 fully saturated rings. The highest BCUT2D eigenvalue weighted by Gasteiger charge is 2.11. The van der Waals surface area contributed by atoms with Crippen LogP contribution in [0, 0.1) is 22.7 Å². The first kappa shape index (κ1) is 19.4. The maximum atomic E-state index is 12.1. The molecule has 8 heteroatoms. The Hall–Kier alpha value is -2.68. The minimum absolute atomic E-state index is 0.137. The second kappa shape index (κ2) is 9.46. The molecule has 0 aliphatic carbocycles. The number of nitriles is 2. The maximum Gasteiger partial charge on any atom is 0.246 e. The number of nitrogens with one attached hydrogen (secondary N) is 1. The lowest BCUT2D eigenvalue weighted by Gasteiger charge is -2.18. The van der Waals surface area contributed by atoms with E-state index in [1.807, 2.05) is 12.1 Å². The lowest BCUT2D eigenvalue weighted by atomic mass is 10.2. The largest absolute Gasteiger partial charge is 0.337 e. The number of carbonyl (C=O) groups is 1. The van der Waals surface area contributed by atoms with Crippen molar-refractivity contribution in [2.24, 2.45) is 0 Å². The van der Waals surface area contributed by atoms with Crippen LogP contribution < -0.4 is 4.72 Å². The van der Waals surface area contributed by atoms with E-state index in [-0.39, 0.29) is 36.7 Å². The standard InChI is InChI=1S/C16H18N4O3S/c1-19-24(22,23)15-7-4-14(5-8-15)6-9-16(21)20(12-2-10-17)13-3-11-18/h4-9,19H,2-3,12-13H2,1H3/b9-6-. The van der Waals surface area contributed by atoms with E-state index in [0.717, 1.165) is 0 Å². The highest BCUT2D eigenvalue weighted by molar-refractivity contribution is 7.89. The van der Waals surface area contributed by atoms with Gasteiger partial charge in [-0.3, -0.25) is 4.79 Å². The summed E-state index contributed by atoms with van der Waals surface area (Å²) >= 11 is 0. The topological polar surface area (TPSA) is 114 Å². The van der Waals surface area contributed by atoms with Crippen molar-refractivity contribution in [1.82, 2.24) is 9.62 Å². The van der Waals surface area contributed by atoms with Crippen molar-refractivity contribution in [1.29, 1.82) is 10.5 Å².